The Bertz CT molecular complexity index is 33.5. The van der Waals surface area contributed by atoms with Crippen LogP contribution in [-0.4, -0.2) is 6.54 Å². The van der Waals surface area contributed by atoms with E-state index in [1.165, 1.54) is 12.8 Å². The van der Waals surface area contributed by atoms with E-state index in [0.29, 0.717) is 0 Å². The summed E-state index contributed by atoms with van der Waals surface area (Å²) < 4.78 is 0. The Labute approximate surface area is 59.6 Å². The average Bonchev–Trinajstić information content (AvgIpc) is 1.67. The summed E-state index contributed by atoms with van der Waals surface area (Å²) in [6.45, 7) is 9.38. The van der Waals surface area contributed by atoms with Crippen LogP contribution >= 0.6 is 0 Å². The summed E-state index contributed by atoms with van der Waals surface area (Å²) in [4.78, 5) is 0. The van der Waals surface area contributed by atoms with Crippen molar-refractivity contribution in [2.24, 2.45) is 11.7 Å². The van der Waals surface area contributed by atoms with Crippen LogP contribution in [0.4, 0.5) is 0 Å². The molecule has 0 rings (SSSR count). The highest BCUT2D eigenvalue weighted by atomic mass is 14.5. The predicted octanol–water partition coefficient (Wildman–Crippen LogP) is 2.41. The molecule has 0 bridgehead atoms. The first-order valence-corrected chi connectivity index (χ1v) is 3.89. The summed E-state index contributed by atoms with van der Waals surface area (Å²) in [5.41, 5.74) is 4.85. The van der Waals surface area contributed by atoms with Crippen LogP contribution in [-0.2, 0) is 0 Å². The van der Waals surface area contributed by atoms with E-state index in [1.807, 2.05) is 6.92 Å². The molecule has 0 atom stereocenters. The van der Waals surface area contributed by atoms with Gasteiger partial charge in [0, 0.05) is 0 Å². The largest absolute Gasteiger partial charge is 0.331 e. The average molecular weight is 131 g/mol. The minimum atomic E-state index is 0.750. The predicted molar refractivity (Wildman–Crippen MR) is 44.5 cm³/mol. The molecule has 1 heteroatoms. The van der Waals surface area contributed by atoms with Crippen LogP contribution in [0.3, 0.4) is 0 Å². The molecule has 0 saturated carbocycles. The topological polar surface area (TPSA) is 26.0 Å². The molecule has 0 aromatic rings. The molecule has 0 aromatic carbocycles. The third kappa shape index (κ3) is 32.3. The summed E-state index contributed by atoms with van der Waals surface area (Å²) in [5.74, 6) is 0.898. The Morgan fingerprint density at radius 2 is 1.56 bits per heavy atom. The van der Waals surface area contributed by atoms with Gasteiger partial charge in [0.2, 0.25) is 0 Å². The molecule has 58 valence electrons. The van der Waals surface area contributed by atoms with E-state index in [4.69, 9.17) is 5.73 Å². The van der Waals surface area contributed by atoms with Gasteiger partial charge in [-0.3, -0.25) is 0 Å². The van der Waals surface area contributed by atoms with Crippen molar-refractivity contribution in [3.63, 3.8) is 0 Å². The van der Waals surface area contributed by atoms with E-state index in [9.17, 15) is 0 Å². The fourth-order valence-electron chi connectivity index (χ4n) is 0.577. The first kappa shape index (κ1) is 11.7. The fraction of sp³-hybridized carbons (Fsp3) is 1.00. The van der Waals surface area contributed by atoms with Gasteiger partial charge >= 0.3 is 0 Å². The Morgan fingerprint density at radius 1 is 1.22 bits per heavy atom. The SMILES string of the molecule is CCCC(C)C.CCN. The van der Waals surface area contributed by atoms with Gasteiger partial charge in [0.25, 0.3) is 0 Å². The van der Waals surface area contributed by atoms with Crippen LogP contribution in [0.15, 0.2) is 0 Å². The van der Waals surface area contributed by atoms with Crippen LogP contribution in [0.2, 0.25) is 0 Å². The fourth-order valence-corrected chi connectivity index (χ4v) is 0.577. The molecule has 0 aliphatic carbocycles. The van der Waals surface area contributed by atoms with Crippen molar-refractivity contribution in [3.8, 4) is 0 Å². The van der Waals surface area contributed by atoms with E-state index in [2.05, 4.69) is 20.8 Å². The zero-order valence-corrected chi connectivity index (χ0v) is 7.28. The highest BCUT2D eigenvalue weighted by Crippen LogP contribution is 2.00. The molecular weight excluding hydrogens is 110 g/mol. The molecule has 0 heterocycles. The first-order valence-electron chi connectivity index (χ1n) is 3.89. The second-order valence-corrected chi connectivity index (χ2v) is 2.59. The van der Waals surface area contributed by atoms with Gasteiger partial charge in [0.1, 0.15) is 0 Å². The van der Waals surface area contributed by atoms with Gasteiger partial charge in [-0.15, -0.1) is 0 Å². The van der Waals surface area contributed by atoms with E-state index in [-0.39, 0.29) is 0 Å². The van der Waals surface area contributed by atoms with E-state index in [0.717, 1.165) is 12.5 Å². The number of hydrogen-bond acceptors (Lipinski definition) is 1. The second kappa shape index (κ2) is 10.9. The van der Waals surface area contributed by atoms with E-state index < -0.39 is 0 Å². The highest BCUT2D eigenvalue weighted by Gasteiger charge is 1.85. The molecule has 9 heavy (non-hydrogen) atoms. The lowest BCUT2D eigenvalue weighted by atomic mass is 10.1. The lowest BCUT2D eigenvalue weighted by Crippen LogP contribution is -1.87. The van der Waals surface area contributed by atoms with Crippen molar-refractivity contribution in [2.75, 3.05) is 6.54 Å². The zero-order chi connectivity index (χ0) is 7.70. The van der Waals surface area contributed by atoms with Gasteiger partial charge < -0.3 is 5.73 Å². The molecule has 0 amide bonds. The van der Waals surface area contributed by atoms with Gasteiger partial charge in [-0.25, -0.2) is 0 Å². The number of hydrogen-bond donors (Lipinski definition) is 1. The maximum atomic E-state index is 4.85. The van der Waals surface area contributed by atoms with Crippen molar-refractivity contribution < 1.29 is 0 Å². The van der Waals surface area contributed by atoms with Crippen molar-refractivity contribution >= 4 is 0 Å². The maximum Gasteiger partial charge on any atom is -0.0106 e. The summed E-state index contributed by atoms with van der Waals surface area (Å²) in [7, 11) is 0. The molecule has 2 N–H and O–H groups in total. The third-order valence-corrected chi connectivity index (χ3v) is 0.866. The van der Waals surface area contributed by atoms with Gasteiger partial charge in [0.15, 0.2) is 0 Å². The van der Waals surface area contributed by atoms with Crippen molar-refractivity contribution in [1.29, 1.82) is 0 Å². The molecular formula is C8H21N. The molecule has 0 saturated heterocycles. The van der Waals surface area contributed by atoms with Crippen molar-refractivity contribution in [1.82, 2.24) is 0 Å². The summed E-state index contributed by atoms with van der Waals surface area (Å²) in [6.07, 6.45) is 2.71. The zero-order valence-electron chi connectivity index (χ0n) is 7.28. The molecule has 0 fully saturated rings. The van der Waals surface area contributed by atoms with Crippen LogP contribution in [0.25, 0.3) is 0 Å². The van der Waals surface area contributed by atoms with Gasteiger partial charge in [0.05, 0.1) is 0 Å². The summed E-state index contributed by atoms with van der Waals surface area (Å²) in [6, 6.07) is 0. The highest BCUT2D eigenvalue weighted by molar-refractivity contribution is 4.38. The number of rotatable bonds is 2. The Hall–Kier alpha value is -0.0400. The maximum absolute atomic E-state index is 4.85. The Balaban J connectivity index is 0. The second-order valence-electron chi connectivity index (χ2n) is 2.59. The minimum absolute atomic E-state index is 0.750. The normalized spacial score (nSPS) is 8.67. The lowest BCUT2D eigenvalue weighted by Gasteiger charge is -1.95. The van der Waals surface area contributed by atoms with Crippen LogP contribution < -0.4 is 5.73 Å². The molecule has 0 aliphatic heterocycles. The van der Waals surface area contributed by atoms with Crippen LogP contribution in [0.1, 0.15) is 40.5 Å². The molecule has 0 unspecified atom stereocenters. The molecule has 0 radical (unpaired) electrons. The molecule has 0 spiro atoms. The van der Waals surface area contributed by atoms with Crippen LogP contribution in [0, 0.1) is 5.92 Å². The summed E-state index contributed by atoms with van der Waals surface area (Å²) in [5, 5.41) is 0. The first-order chi connectivity index (χ1) is 4.18. The van der Waals surface area contributed by atoms with Gasteiger partial charge in [-0.2, -0.15) is 0 Å². The number of nitrogens with two attached hydrogens (primary N) is 1. The lowest BCUT2D eigenvalue weighted by molar-refractivity contribution is 0.576. The Kier molecular flexibility index (Phi) is 14.1. The van der Waals surface area contributed by atoms with Gasteiger partial charge in [-0.05, 0) is 12.5 Å². The van der Waals surface area contributed by atoms with Crippen LogP contribution in [0.5, 0.6) is 0 Å². The van der Waals surface area contributed by atoms with E-state index in [1.54, 1.807) is 0 Å². The third-order valence-electron chi connectivity index (χ3n) is 0.866. The van der Waals surface area contributed by atoms with E-state index >= 15 is 0 Å². The monoisotopic (exact) mass is 131 g/mol. The van der Waals surface area contributed by atoms with Crippen molar-refractivity contribution in [2.45, 2.75) is 40.5 Å². The molecule has 0 aliphatic rings. The molecule has 1 nitrogen and oxygen atoms in total. The minimum Gasteiger partial charge on any atom is -0.331 e. The van der Waals surface area contributed by atoms with Crippen molar-refractivity contribution in [3.05, 3.63) is 0 Å². The van der Waals surface area contributed by atoms with Gasteiger partial charge in [-0.1, -0.05) is 40.5 Å². The Morgan fingerprint density at radius 3 is 1.56 bits per heavy atom. The smallest absolute Gasteiger partial charge is 0.0106 e. The standard InChI is InChI=1S/C6H14.C2H7N/c1-4-5-6(2)3;1-2-3/h6H,4-5H2,1-3H3;2-3H2,1H3. The molecule has 0 aromatic heterocycles. The summed E-state index contributed by atoms with van der Waals surface area (Å²) >= 11 is 0. The quantitative estimate of drug-likeness (QED) is 0.612.